The quantitative estimate of drug-likeness (QED) is 0.697. The maximum Gasteiger partial charge on any atom is 0.0804 e. The summed E-state index contributed by atoms with van der Waals surface area (Å²) in [6.07, 6.45) is 2.97. The molecule has 2 heteroatoms. The number of fused-ring (bicyclic) bond motifs is 1. The van der Waals surface area contributed by atoms with Crippen molar-refractivity contribution < 1.29 is 0 Å². The van der Waals surface area contributed by atoms with Crippen LogP contribution in [0, 0.1) is 0 Å². The topological polar surface area (TPSA) is 12.0 Å². The van der Waals surface area contributed by atoms with Crippen molar-refractivity contribution in [3.05, 3.63) is 36.9 Å². The zero-order valence-corrected chi connectivity index (χ0v) is 7.60. The van der Waals surface area contributed by atoms with Gasteiger partial charge in [0.2, 0.25) is 0 Å². The lowest BCUT2D eigenvalue weighted by Crippen LogP contribution is -2.07. The zero-order valence-electron chi connectivity index (χ0n) is 6.79. The Labute approximate surface area is 76.9 Å². The van der Waals surface area contributed by atoms with Crippen LogP contribution in [0.5, 0.6) is 0 Å². The second-order valence-electron chi connectivity index (χ2n) is 2.77. The van der Waals surface area contributed by atoms with Crippen molar-refractivity contribution in [3.8, 4) is 0 Å². The summed E-state index contributed by atoms with van der Waals surface area (Å²) in [6, 6.07) is 8.40. The minimum atomic E-state index is 0.486. The van der Waals surface area contributed by atoms with E-state index in [1.807, 2.05) is 17.8 Å². The predicted octanol–water partition coefficient (Wildman–Crippen LogP) is 3.11. The van der Waals surface area contributed by atoms with Crippen LogP contribution < -0.4 is 5.32 Å². The number of rotatable bonds is 2. The highest BCUT2D eigenvalue weighted by Gasteiger charge is 2.18. The molecule has 2 rings (SSSR count). The van der Waals surface area contributed by atoms with Crippen molar-refractivity contribution in [3.63, 3.8) is 0 Å². The Balaban J connectivity index is 2.16. The molecule has 0 aliphatic carbocycles. The summed E-state index contributed by atoms with van der Waals surface area (Å²) in [5, 5.41) is 3.91. The van der Waals surface area contributed by atoms with Crippen LogP contribution in [0.3, 0.4) is 0 Å². The fourth-order valence-electron chi connectivity index (χ4n) is 1.30. The van der Waals surface area contributed by atoms with Crippen LogP contribution >= 0.6 is 11.8 Å². The molecule has 1 N–H and O–H groups in total. The van der Waals surface area contributed by atoms with Gasteiger partial charge in [-0.2, -0.15) is 0 Å². The van der Waals surface area contributed by atoms with Crippen LogP contribution in [-0.4, -0.2) is 5.37 Å². The molecule has 1 aromatic rings. The van der Waals surface area contributed by atoms with Crippen molar-refractivity contribution in [1.82, 2.24) is 0 Å². The van der Waals surface area contributed by atoms with Gasteiger partial charge in [-0.05, 0) is 18.6 Å². The summed E-state index contributed by atoms with van der Waals surface area (Å²) in [6.45, 7) is 3.73. The molecule has 1 nitrogen and oxygen atoms in total. The minimum Gasteiger partial charge on any atom is -0.372 e. The Morgan fingerprint density at radius 2 is 2.33 bits per heavy atom. The number of thioether (sulfide) groups is 1. The third-order valence-corrected chi connectivity index (χ3v) is 3.06. The van der Waals surface area contributed by atoms with Crippen molar-refractivity contribution in [1.29, 1.82) is 0 Å². The Bertz CT molecular complexity index is 271. The molecule has 1 heterocycles. The van der Waals surface area contributed by atoms with Gasteiger partial charge in [-0.15, -0.1) is 6.58 Å². The Hall–Kier alpha value is -0.890. The van der Waals surface area contributed by atoms with Gasteiger partial charge in [0.15, 0.2) is 0 Å². The second-order valence-corrected chi connectivity index (χ2v) is 4.02. The summed E-state index contributed by atoms with van der Waals surface area (Å²) in [7, 11) is 0. The first-order chi connectivity index (χ1) is 5.90. The lowest BCUT2D eigenvalue weighted by molar-refractivity contribution is 1.01. The monoisotopic (exact) mass is 177 g/mol. The van der Waals surface area contributed by atoms with E-state index in [0.717, 1.165) is 6.42 Å². The van der Waals surface area contributed by atoms with E-state index in [0.29, 0.717) is 5.37 Å². The fraction of sp³-hybridized carbons (Fsp3) is 0.200. The third kappa shape index (κ3) is 1.34. The van der Waals surface area contributed by atoms with Crippen LogP contribution in [0.2, 0.25) is 0 Å². The van der Waals surface area contributed by atoms with Gasteiger partial charge in [-0.3, -0.25) is 0 Å². The molecule has 0 spiro atoms. The smallest absolute Gasteiger partial charge is 0.0804 e. The van der Waals surface area contributed by atoms with Gasteiger partial charge < -0.3 is 5.32 Å². The normalized spacial score (nSPS) is 19.8. The predicted molar refractivity (Wildman–Crippen MR) is 54.5 cm³/mol. The Morgan fingerprint density at radius 1 is 1.50 bits per heavy atom. The minimum absolute atomic E-state index is 0.486. The first-order valence-corrected chi connectivity index (χ1v) is 4.91. The van der Waals surface area contributed by atoms with E-state index in [2.05, 4.69) is 36.2 Å². The Kier molecular flexibility index (Phi) is 2.09. The van der Waals surface area contributed by atoms with Crippen LogP contribution in [0.4, 0.5) is 5.69 Å². The maximum absolute atomic E-state index is 3.73. The van der Waals surface area contributed by atoms with Crippen molar-refractivity contribution in [2.24, 2.45) is 0 Å². The first-order valence-electron chi connectivity index (χ1n) is 4.03. The van der Waals surface area contributed by atoms with Crippen LogP contribution in [0.15, 0.2) is 41.8 Å². The molecule has 1 aromatic carbocycles. The number of para-hydroxylation sites is 1. The van der Waals surface area contributed by atoms with E-state index >= 15 is 0 Å². The highest BCUT2D eigenvalue weighted by molar-refractivity contribution is 8.00. The molecule has 0 fully saturated rings. The van der Waals surface area contributed by atoms with Gasteiger partial charge >= 0.3 is 0 Å². The maximum atomic E-state index is 3.73. The number of hydrogen-bond acceptors (Lipinski definition) is 2. The molecule has 0 aromatic heterocycles. The van der Waals surface area contributed by atoms with Crippen molar-refractivity contribution in [2.45, 2.75) is 16.7 Å². The van der Waals surface area contributed by atoms with E-state index in [1.54, 1.807) is 0 Å². The molecule has 0 radical (unpaired) electrons. The molecule has 1 atom stereocenters. The van der Waals surface area contributed by atoms with Crippen molar-refractivity contribution >= 4 is 17.4 Å². The van der Waals surface area contributed by atoms with Crippen LogP contribution in [0.25, 0.3) is 0 Å². The Morgan fingerprint density at radius 3 is 3.08 bits per heavy atom. The highest BCUT2D eigenvalue weighted by atomic mass is 32.2. The average molecular weight is 177 g/mol. The molecule has 0 bridgehead atoms. The van der Waals surface area contributed by atoms with E-state index in [1.165, 1.54) is 10.6 Å². The fourth-order valence-corrected chi connectivity index (χ4v) is 2.44. The molecule has 1 aliphatic rings. The van der Waals surface area contributed by atoms with E-state index < -0.39 is 0 Å². The SMILES string of the molecule is C=CC[C@H]1Nc2ccccc2S1. The van der Waals surface area contributed by atoms with E-state index in [-0.39, 0.29) is 0 Å². The lowest BCUT2D eigenvalue weighted by Gasteiger charge is -2.05. The molecule has 1 aliphatic heterocycles. The van der Waals surface area contributed by atoms with Gasteiger partial charge in [0.25, 0.3) is 0 Å². The molecular formula is C10H11NS. The zero-order chi connectivity index (χ0) is 8.39. The first kappa shape index (κ1) is 7.74. The summed E-state index contributed by atoms with van der Waals surface area (Å²) in [5.74, 6) is 0. The van der Waals surface area contributed by atoms with E-state index in [9.17, 15) is 0 Å². The van der Waals surface area contributed by atoms with Gasteiger partial charge in [-0.25, -0.2) is 0 Å². The molecule has 62 valence electrons. The molecule has 0 amide bonds. The summed E-state index contributed by atoms with van der Waals surface area (Å²) < 4.78 is 0. The molecule has 0 saturated carbocycles. The van der Waals surface area contributed by atoms with Gasteiger partial charge in [0.1, 0.15) is 0 Å². The van der Waals surface area contributed by atoms with Crippen LogP contribution in [0.1, 0.15) is 6.42 Å². The summed E-state index contributed by atoms with van der Waals surface area (Å²) in [4.78, 5) is 1.35. The summed E-state index contributed by atoms with van der Waals surface area (Å²) in [5.41, 5.74) is 1.26. The average Bonchev–Trinajstić information content (AvgIpc) is 2.47. The van der Waals surface area contributed by atoms with Gasteiger partial charge in [0.05, 0.1) is 5.37 Å². The van der Waals surface area contributed by atoms with Crippen LogP contribution in [-0.2, 0) is 0 Å². The number of anilines is 1. The van der Waals surface area contributed by atoms with Crippen molar-refractivity contribution in [2.75, 3.05) is 5.32 Å². The second kappa shape index (κ2) is 3.23. The lowest BCUT2D eigenvalue weighted by atomic mass is 10.3. The van der Waals surface area contributed by atoms with Gasteiger partial charge in [0, 0.05) is 10.6 Å². The summed E-state index contributed by atoms with van der Waals surface area (Å²) >= 11 is 1.88. The highest BCUT2D eigenvalue weighted by Crippen LogP contribution is 2.39. The molecular weight excluding hydrogens is 166 g/mol. The van der Waals surface area contributed by atoms with E-state index in [4.69, 9.17) is 0 Å². The largest absolute Gasteiger partial charge is 0.372 e. The standard InChI is InChI=1S/C10H11NS/c1-2-5-10-11-8-6-3-4-7-9(8)12-10/h2-4,6-7,10-11H,1,5H2/t10-/m0/s1. The molecule has 12 heavy (non-hydrogen) atoms. The molecule has 0 saturated heterocycles. The number of hydrogen-bond donors (Lipinski definition) is 1. The third-order valence-electron chi connectivity index (χ3n) is 1.85. The number of benzene rings is 1. The molecule has 0 unspecified atom stereocenters. The van der Waals surface area contributed by atoms with Gasteiger partial charge in [-0.1, -0.05) is 30.0 Å². The number of nitrogens with one attached hydrogen (secondary N) is 1.